The smallest absolute Gasteiger partial charge is 0.306 e. The fourth-order valence-electron chi connectivity index (χ4n) is 2.79. The van der Waals surface area contributed by atoms with Crippen LogP contribution in [0.2, 0.25) is 0 Å². The maximum Gasteiger partial charge on any atom is 0.306 e. The van der Waals surface area contributed by atoms with Crippen LogP contribution in [0.4, 0.5) is 8.78 Å². The quantitative estimate of drug-likeness (QED) is 0.928. The molecule has 5 nitrogen and oxygen atoms in total. The largest absolute Gasteiger partial charge is 0.493 e. The van der Waals surface area contributed by atoms with Crippen molar-refractivity contribution in [2.75, 3.05) is 20.2 Å². The number of ether oxygens (including phenoxy) is 1. The first-order valence-electron chi connectivity index (χ1n) is 6.90. The summed E-state index contributed by atoms with van der Waals surface area (Å²) in [4.78, 5) is 24.9. The van der Waals surface area contributed by atoms with Gasteiger partial charge in [-0.25, -0.2) is 8.78 Å². The van der Waals surface area contributed by atoms with E-state index >= 15 is 0 Å². The summed E-state index contributed by atoms with van der Waals surface area (Å²) in [5, 5.41) is 9.08. The topological polar surface area (TPSA) is 66.8 Å². The van der Waals surface area contributed by atoms with Crippen molar-refractivity contribution in [1.29, 1.82) is 0 Å². The third-order valence-corrected chi connectivity index (χ3v) is 3.99. The van der Waals surface area contributed by atoms with E-state index in [4.69, 9.17) is 9.84 Å². The average Bonchev–Trinajstić information content (AvgIpc) is 2.48. The molecule has 120 valence electrons. The van der Waals surface area contributed by atoms with Gasteiger partial charge in [-0.2, -0.15) is 0 Å². The molecule has 2 rings (SSSR count). The second kappa shape index (κ2) is 6.29. The van der Waals surface area contributed by atoms with E-state index in [0.29, 0.717) is 0 Å². The van der Waals surface area contributed by atoms with Crippen LogP contribution in [0.1, 0.15) is 23.7 Å². The maximum absolute atomic E-state index is 13.9. The monoisotopic (exact) mass is 313 g/mol. The lowest BCUT2D eigenvalue weighted by molar-refractivity contribution is -0.145. The van der Waals surface area contributed by atoms with Crippen molar-refractivity contribution in [2.24, 2.45) is 11.8 Å². The summed E-state index contributed by atoms with van der Waals surface area (Å²) in [6, 6.07) is 1.77. The molecule has 1 fully saturated rings. The Labute approximate surface area is 126 Å². The molecule has 0 saturated carbocycles. The molecular formula is C15H17F2NO4. The summed E-state index contributed by atoms with van der Waals surface area (Å²) in [5.74, 6) is -4.52. The van der Waals surface area contributed by atoms with Crippen molar-refractivity contribution in [3.8, 4) is 5.75 Å². The average molecular weight is 313 g/mol. The molecule has 1 heterocycles. The molecule has 2 atom stereocenters. The highest BCUT2D eigenvalue weighted by molar-refractivity contribution is 5.97. The lowest BCUT2D eigenvalue weighted by Gasteiger charge is -2.35. The van der Waals surface area contributed by atoms with Gasteiger partial charge in [-0.1, -0.05) is 6.92 Å². The Bertz CT molecular complexity index is 605. The molecule has 22 heavy (non-hydrogen) atoms. The van der Waals surface area contributed by atoms with E-state index in [2.05, 4.69) is 0 Å². The summed E-state index contributed by atoms with van der Waals surface area (Å²) in [7, 11) is 1.16. The minimum Gasteiger partial charge on any atom is -0.493 e. The maximum atomic E-state index is 13.9. The number of piperidine rings is 1. The summed E-state index contributed by atoms with van der Waals surface area (Å²) in [6.45, 7) is 2.07. The lowest BCUT2D eigenvalue weighted by atomic mass is 9.86. The van der Waals surface area contributed by atoms with Crippen molar-refractivity contribution in [3.05, 3.63) is 29.3 Å². The van der Waals surface area contributed by atoms with E-state index < -0.39 is 40.7 Å². The van der Waals surface area contributed by atoms with Crippen LogP contribution < -0.4 is 4.74 Å². The van der Waals surface area contributed by atoms with Crippen LogP contribution in [-0.2, 0) is 4.79 Å². The molecule has 1 aromatic carbocycles. The zero-order valence-corrected chi connectivity index (χ0v) is 12.3. The number of nitrogens with zero attached hydrogens (tertiary/aromatic N) is 1. The van der Waals surface area contributed by atoms with Gasteiger partial charge in [0.2, 0.25) is 0 Å². The Morgan fingerprint density at radius 1 is 1.32 bits per heavy atom. The molecule has 1 amide bonds. The number of carbonyl (C=O) groups is 2. The minimum absolute atomic E-state index is 0.176. The van der Waals surface area contributed by atoms with Gasteiger partial charge in [-0.3, -0.25) is 9.59 Å². The summed E-state index contributed by atoms with van der Waals surface area (Å²) in [5.41, 5.74) is -0.455. The number of hydrogen-bond donors (Lipinski definition) is 1. The van der Waals surface area contributed by atoms with Crippen LogP contribution in [0.5, 0.6) is 5.75 Å². The number of carbonyl (C=O) groups excluding carboxylic acids is 1. The van der Waals surface area contributed by atoms with Crippen LogP contribution in [0.25, 0.3) is 0 Å². The Morgan fingerprint density at radius 2 is 1.95 bits per heavy atom. The van der Waals surface area contributed by atoms with Gasteiger partial charge in [0.25, 0.3) is 5.91 Å². The van der Waals surface area contributed by atoms with Gasteiger partial charge in [0.15, 0.2) is 11.6 Å². The minimum atomic E-state index is -0.908. The number of hydrogen-bond acceptors (Lipinski definition) is 3. The molecule has 1 aliphatic heterocycles. The molecule has 7 heteroatoms. The first-order valence-corrected chi connectivity index (χ1v) is 6.90. The summed E-state index contributed by atoms with van der Waals surface area (Å²) < 4.78 is 32.4. The highest BCUT2D eigenvalue weighted by Crippen LogP contribution is 2.30. The van der Waals surface area contributed by atoms with Crippen molar-refractivity contribution in [1.82, 2.24) is 4.90 Å². The van der Waals surface area contributed by atoms with E-state index in [1.54, 1.807) is 6.92 Å². The molecule has 1 saturated heterocycles. The molecule has 1 N–H and O–H groups in total. The Balaban J connectivity index is 2.27. The van der Waals surface area contributed by atoms with E-state index in [-0.39, 0.29) is 25.4 Å². The van der Waals surface area contributed by atoms with Crippen molar-refractivity contribution in [3.63, 3.8) is 0 Å². The summed E-state index contributed by atoms with van der Waals surface area (Å²) >= 11 is 0. The highest BCUT2D eigenvalue weighted by Gasteiger charge is 2.35. The molecule has 1 aromatic rings. The number of carboxylic acid groups (broad SMARTS) is 1. The number of likely N-dealkylation sites (tertiary alicyclic amines) is 1. The predicted molar refractivity (Wildman–Crippen MR) is 73.7 cm³/mol. The fraction of sp³-hybridized carbons (Fsp3) is 0.467. The second-order valence-corrected chi connectivity index (χ2v) is 5.40. The van der Waals surface area contributed by atoms with Crippen LogP contribution in [-0.4, -0.2) is 42.1 Å². The van der Waals surface area contributed by atoms with Gasteiger partial charge in [0.05, 0.1) is 13.0 Å². The van der Waals surface area contributed by atoms with E-state index in [9.17, 15) is 18.4 Å². The fourth-order valence-corrected chi connectivity index (χ4v) is 2.79. The molecule has 1 aliphatic rings. The number of aliphatic carboxylic acids is 1. The molecule has 0 aliphatic carbocycles. The molecule has 0 spiro atoms. The van der Waals surface area contributed by atoms with Crippen LogP contribution >= 0.6 is 0 Å². The molecule has 2 unspecified atom stereocenters. The van der Waals surface area contributed by atoms with Crippen molar-refractivity contribution >= 4 is 11.9 Å². The number of halogens is 2. The van der Waals surface area contributed by atoms with E-state index in [1.807, 2.05) is 0 Å². The van der Waals surface area contributed by atoms with Gasteiger partial charge < -0.3 is 14.7 Å². The van der Waals surface area contributed by atoms with Crippen LogP contribution in [0.3, 0.4) is 0 Å². The van der Waals surface area contributed by atoms with Crippen molar-refractivity contribution in [2.45, 2.75) is 13.3 Å². The lowest BCUT2D eigenvalue weighted by Crippen LogP contribution is -2.45. The second-order valence-electron chi connectivity index (χ2n) is 5.40. The molecule has 0 aromatic heterocycles. The number of methoxy groups -OCH3 is 1. The van der Waals surface area contributed by atoms with Crippen LogP contribution in [0.15, 0.2) is 12.1 Å². The van der Waals surface area contributed by atoms with E-state index in [0.717, 1.165) is 19.2 Å². The number of carboxylic acids is 1. The van der Waals surface area contributed by atoms with Gasteiger partial charge in [-0.05, 0) is 24.5 Å². The standard InChI is InChI=1S/C15H17F2NO4/c1-8-7-18(6-5-9(8)15(20)21)14(19)12-10(16)3-4-11(17)13(12)22-2/h3-4,8-9H,5-7H2,1-2H3,(H,20,21). The Hall–Kier alpha value is -2.18. The molecule has 0 radical (unpaired) electrons. The predicted octanol–water partition coefficient (Wildman–Crippen LogP) is 2.16. The number of rotatable bonds is 3. The zero-order chi connectivity index (χ0) is 16.4. The zero-order valence-electron chi connectivity index (χ0n) is 12.3. The van der Waals surface area contributed by atoms with Crippen LogP contribution in [0, 0.1) is 23.5 Å². The SMILES string of the molecule is COc1c(F)ccc(F)c1C(=O)N1CCC(C(=O)O)C(C)C1. The van der Waals surface area contributed by atoms with Gasteiger partial charge >= 0.3 is 5.97 Å². The molecular weight excluding hydrogens is 296 g/mol. The van der Waals surface area contributed by atoms with Gasteiger partial charge in [0, 0.05) is 13.1 Å². The van der Waals surface area contributed by atoms with Gasteiger partial charge in [-0.15, -0.1) is 0 Å². The first kappa shape index (κ1) is 16.2. The third kappa shape index (κ3) is 2.88. The highest BCUT2D eigenvalue weighted by atomic mass is 19.1. The Kier molecular flexibility index (Phi) is 4.63. The van der Waals surface area contributed by atoms with E-state index in [1.165, 1.54) is 4.90 Å². The normalized spacial score (nSPS) is 21.5. The van der Waals surface area contributed by atoms with Gasteiger partial charge in [0.1, 0.15) is 11.4 Å². The number of amides is 1. The number of benzene rings is 1. The molecule has 0 bridgehead atoms. The summed E-state index contributed by atoms with van der Waals surface area (Å²) in [6.07, 6.45) is 0.279. The Morgan fingerprint density at radius 3 is 2.50 bits per heavy atom. The van der Waals surface area contributed by atoms with Crippen molar-refractivity contribution < 1.29 is 28.2 Å². The third-order valence-electron chi connectivity index (χ3n) is 3.99. The first-order chi connectivity index (χ1) is 10.4.